The quantitative estimate of drug-likeness (QED) is 0.633. The van der Waals surface area contributed by atoms with E-state index in [-0.39, 0.29) is 13.0 Å². The van der Waals surface area contributed by atoms with E-state index in [1.807, 2.05) is 0 Å². The molecular formula is C7H9N3O2. The second kappa shape index (κ2) is 4.27. The summed E-state index contributed by atoms with van der Waals surface area (Å²) < 4.78 is 0. The Hall–Kier alpha value is -1.65. The van der Waals surface area contributed by atoms with Gasteiger partial charge in [0.15, 0.2) is 0 Å². The molecule has 0 aliphatic heterocycles. The average molecular weight is 167 g/mol. The number of nitrogens with one attached hydrogen (secondary N) is 1. The lowest BCUT2D eigenvalue weighted by molar-refractivity contribution is -0.136. The molecular weight excluding hydrogens is 158 g/mol. The van der Waals surface area contributed by atoms with Crippen LogP contribution in [0.1, 0.15) is 12.2 Å². The van der Waals surface area contributed by atoms with Crippen LogP contribution in [0.2, 0.25) is 0 Å². The highest BCUT2D eigenvalue weighted by molar-refractivity contribution is 5.74. The van der Waals surface area contributed by atoms with Crippen LogP contribution in [0.5, 0.6) is 0 Å². The van der Waals surface area contributed by atoms with Crippen LogP contribution in [-0.4, -0.2) is 33.8 Å². The molecule has 0 aliphatic carbocycles. The SMILES string of the molecule is O=C(O)CCN=Cc1ncc[nH]1. The van der Waals surface area contributed by atoms with E-state index in [1.54, 1.807) is 12.4 Å². The van der Waals surface area contributed by atoms with Crippen molar-refractivity contribution >= 4 is 12.2 Å². The number of aliphatic carboxylic acids is 1. The molecule has 0 saturated heterocycles. The molecule has 0 spiro atoms. The van der Waals surface area contributed by atoms with Crippen LogP contribution in [0.15, 0.2) is 17.4 Å². The molecule has 1 heterocycles. The first-order valence-electron chi connectivity index (χ1n) is 3.50. The van der Waals surface area contributed by atoms with E-state index in [1.165, 1.54) is 6.21 Å². The zero-order valence-corrected chi connectivity index (χ0v) is 6.40. The van der Waals surface area contributed by atoms with Crippen LogP contribution in [0.3, 0.4) is 0 Å². The number of nitrogens with zero attached hydrogens (tertiary/aromatic N) is 2. The van der Waals surface area contributed by atoms with Gasteiger partial charge in [-0.1, -0.05) is 0 Å². The minimum absolute atomic E-state index is 0.0528. The Balaban J connectivity index is 2.27. The van der Waals surface area contributed by atoms with Gasteiger partial charge < -0.3 is 10.1 Å². The monoisotopic (exact) mass is 167 g/mol. The van der Waals surface area contributed by atoms with Crippen molar-refractivity contribution in [2.75, 3.05) is 6.54 Å². The van der Waals surface area contributed by atoms with Gasteiger partial charge in [0.2, 0.25) is 0 Å². The first kappa shape index (κ1) is 8.45. The molecule has 0 unspecified atom stereocenters. The second-order valence-corrected chi connectivity index (χ2v) is 2.15. The third-order valence-electron chi connectivity index (χ3n) is 1.19. The topological polar surface area (TPSA) is 78.3 Å². The highest BCUT2D eigenvalue weighted by Gasteiger charge is 1.92. The molecule has 1 aromatic heterocycles. The maximum atomic E-state index is 10.1. The number of carboxylic acid groups (broad SMARTS) is 1. The Bertz CT molecular complexity index is 266. The number of hydrogen-bond donors (Lipinski definition) is 2. The summed E-state index contributed by atoms with van der Waals surface area (Å²) in [6.07, 6.45) is 4.86. The van der Waals surface area contributed by atoms with Gasteiger partial charge in [0, 0.05) is 18.9 Å². The molecule has 0 aromatic carbocycles. The molecule has 0 radical (unpaired) electrons. The number of rotatable bonds is 4. The molecule has 0 aliphatic rings. The molecule has 0 saturated carbocycles. The third-order valence-corrected chi connectivity index (χ3v) is 1.19. The number of aromatic amines is 1. The fraction of sp³-hybridized carbons (Fsp3) is 0.286. The van der Waals surface area contributed by atoms with E-state index in [0.29, 0.717) is 5.82 Å². The molecule has 64 valence electrons. The zero-order valence-electron chi connectivity index (χ0n) is 6.40. The number of imidazole rings is 1. The predicted octanol–water partition coefficient (Wildman–Crippen LogP) is 0.303. The molecule has 0 amide bonds. The molecule has 1 aromatic rings. The first-order valence-corrected chi connectivity index (χ1v) is 3.50. The van der Waals surface area contributed by atoms with E-state index < -0.39 is 5.97 Å². The van der Waals surface area contributed by atoms with Crippen LogP contribution >= 0.6 is 0 Å². The summed E-state index contributed by atoms with van der Waals surface area (Å²) in [5.41, 5.74) is 0. The van der Waals surface area contributed by atoms with E-state index >= 15 is 0 Å². The maximum absolute atomic E-state index is 10.1. The van der Waals surface area contributed by atoms with Crippen LogP contribution in [0, 0.1) is 0 Å². The van der Waals surface area contributed by atoms with Gasteiger partial charge in [0.05, 0.1) is 12.6 Å². The summed E-state index contributed by atoms with van der Waals surface area (Å²) in [7, 11) is 0. The van der Waals surface area contributed by atoms with Crippen molar-refractivity contribution in [3.05, 3.63) is 18.2 Å². The molecule has 5 heteroatoms. The molecule has 0 atom stereocenters. The van der Waals surface area contributed by atoms with Crippen molar-refractivity contribution in [3.8, 4) is 0 Å². The Morgan fingerprint density at radius 1 is 1.83 bits per heavy atom. The van der Waals surface area contributed by atoms with Gasteiger partial charge in [-0.15, -0.1) is 0 Å². The Labute approximate surface area is 69.2 Å². The summed E-state index contributed by atoms with van der Waals surface area (Å²) in [4.78, 5) is 20.6. The predicted molar refractivity (Wildman–Crippen MR) is 43.3 cm³/mol. The minimum Gasteiger partial charge on any atom is -0.481 e. The van der Waals surface area contributed by atoms with Gasteiger partial charge in [-0.25, -0.2) is 4.98 Å². The van der Waals surface area contributed by atoms with Gasteiger partial charge in [-0.2, -0.15) is 0 Å². The standard InChI is InChI=1S/C7H9N3O2/c11-7(12)1-2-8-5-6-9-3-4-10-6/h3-5H,1-2H2,(H,9,10)(H,11,12). The van der Waals surface area contributed by atoms with Crippen molar-refractivity contribution in [1.29, 1.82) is 0 Å². The number of aliphatic imine (C=N–C) groups is 1. The minimum atomic E-state index is -0.841. The fourth-order valence-corrected chi connectivity index (χ4v) is 0.659. The number of carbonyl (C=O) groups is 1. The summed E-state index contributed by atoms with van der Waals surface area (Å²) in [5.74, 6) is -0.202. The number of aromatic nitrogens is 2. The van der Waals surface area contributed by atoms with Crippen molar-refractivity contribution in [1.82, 2.24) is 9.97 Å². The van der Waals surface area contributed by atoms with Crippen LogP contribution in [-0.2, 0) is 4.79 Å². The Morgan fingerprint density at radius 3 is 3.25 bits per heavy atom. The van der Waals surface area contributed by atoms with Crippen molar-refractivity contribution < 1.29 is 9.90 Å². The van der Waals surface area contributed by atoms with E-state index in [9.17, 15) is 4.79 Å². The normalized spacial score (nSPS) is 10.7. The van der Waals surface area contributed by atoms with Gasteiger partial charge in [-0.05, 0) is 0 Å². The second-order valence-electron chi connectivity index (χ2n) is 2.15. The Morgan fingerprint density at radius 2 is 2.67 bits per heavy atom. The fourth-order valence-electron chi connectivity index (χ4n) is 0.659. The first-order chi connectivity index (χ1) is 5.79. The molecule has 0 fully saturated rings. The average Bonchev–Trinajstić information content (AvgIpc) is 2.49. The van der Waals surface area contributed by atoms with Gasteiger partial charge in [0.25, 0.3) is 0 Å². The van der Waals surface area contributed by atoms with E-state index in [4.69, 9.17) is 5.11 Å². The lowest BCUT2D eigenvalue weighted by Crippen LogP contribution is -1.97. The zero-order chi connectivity index (χ0) is 8.81. The highest BCUT2D eigenvalue weighted by Crippen LogP contribution is 1.84. The van der Waals surface area contributed by atoms with Gasteiger partial charge >= 0.3 is 5.97 Å². The van der Waals surface area contributed by atoms with Crippen LogP contribution in [0.25, 0.3) is 0 Å². The number of H-pyrrole nitrogens is 1. The van der Waals surface area contributed by atoms with E-state index in [2.05, 4.69) is 15.0 Å². The molecule has 12 heavy (non-hydrogen) atoms. The molecule has 2 N–H and O–H groups in total. The van der Waals surface area contributed by atoms with Crippen molar-refractivity contribution in [3.63, 3.8) is 0 Å². The summed E-state index contributed by atoms with van der Waals surface area (Å²) >= 11 is 0. The lowest BCUT2D eigenvalue weighted by atomic mass is 10.4. The van der Waals surface area contributed by atoms with E-state index in [0.717, 1.165) is 0 Å². The van der Waals surface area contributed by atoms with Crippen LogP contribution in [0.4, 0.5) is 0 Å². The smallest absolute Gasteiger partial charge is 0.305 e. The van der Waals surface area contributed by atoms with Crippen molar-refractivity contribution in [2.45, 2.75) is 6.42 Å². The summed E-state index contributed by atoms with van der Waals surface area (Å²) in [6, 6.07) is 0. The highest BCUT2D eigenvalue weighted by atomic mass is 16.4. The third kappa shape index (κ3) is 2.96. The molecule has 0 bridgehead atoms. The number of hydrogen-bond acceptors (Lipinski definition) is 3. The largest absolute Gasteiger partial charge is 0.481 e. The van der Waals surface area contributed by atoms with Gasteiger partial charge in [0.1, 0.15) is 5.82 Å². The van der Waals surface area contributed by atoms with Crippen LogP contribution < -0.4 is 0 Å². The number of carboxylic acids is 1. The lowest BCUT2D eigenvalue weighted by Gasteiger charge is -1.86. The van der Waals surface area contributed by atoms with Crippen molar-refractivity contribution in [2.24, 2.45) is 4.99 Å². The van der Waals surface area contributed by atoms with Gasteiger partial charge in [-0.3, -0.25) is 9.79 Å². The summed E-state index contributed by atoms with van der Waals surface area (Å²) in [5, 5.41) is 8.27. The Kier molecular flexibility index (Phi) is 3.01. The molecule has 5 nitrogen and oxygen atoms in total. The molecule has 1 rings (SSSR count). The maximum Gasteiger partial charge on any atom is 0.305 e. The summed E-state index contributed by atoms with van der Waals surface area (Å²) in [6.45, 7) is 0.288.